The Morgan fingerprint density at radius 3 is 2.31 bits per heavy atom. The third kappa shape index (κ3) is 5.38. The van der Waals surface area contributed by atoms with Crippen LogP contribution >= 0.6 is 0 Å². The van der Waals surface area contributed by atoms with Gasteiger partial charge in [-0.05, 0) is 31.0 Å². The molecule has 8 heteroatoms. The second kappa shape index (κ2) is 11.3. The lowest BCUT2D eigenvalue weighted by Crippen LogP contribution is -2.45. The van der Waals surface area contributed by atoms with Crippen LogP contribution in [0, 0.1) is 0 Å². The third-order valence-corrected chi connectivity index (χ3v) is 6.75. The number of pyridine rings is 1. The van der Waals surface area contributed by atoms with E-state index in [0.717, 1.165) is 75.0 Å². The molecule has 1 aliphatic heterocycles. The fraction of sp³-hybridized carbons (Fsp3) is 0.556. The van der Waals surface area contributed by atoms with Gasteiger partial charge in [-0.2, -0.15) is 5.10 Å². The molecule has 0 aromatic carbocycles. The van der Waals surface area contributed by atoms with Gasteiger partial charge in [0.1, 0.15) is 5.82 Å². The smallest absolute Gasteiger partial charge is 0.228 e. The number of piperazine rings is 1. The molecule has 0 unspecified atom stereocenters. The van der Waals surface area contributed by atoms with Crippen molar-refractivity contribution in [3.63, 3.8) is 0 Å². The van der Waals surface area contributed by atoms with Crippen LogP contribution in [-0.4, -0.2) is 67.3 Å². The first-order valence-corrected chi connectivity index (χ1v) is 13.2. The molecule has 1 aliphatic carbocycles. The van der Waals surface area contributed by atoms with Crippen LogP contribution in [0.15, 0.2) is 24.5 Å². The molecule has 1 N–H and O–H groups in total. The maximum absolute atomic E-state index is 4.88. The van der Waals surface area contributed by atoms with Gasteiger partial charge in [0.15, 0.2) is 0 Å². The summed E-state index contributed by atoms with van der Waals surface area (Å²) in [6, 6.07) is 4.17. The molecule has 0 amide bonds. The van der Waals surface area contributed by atoms with Crippen LogP contribution in [0.3, 0.4) is 0 Å². The average Bonchev–Trinajstić information content (AvgIpc) is 3.42. The van der Waals surface area contributed by atoms with E-state index in [1.54, 1.807) is 0 Å². The topological polar surface area (TPSA) is 75.0 Å². The Kier molecular flexibility index (Phi) is 8.13. The Morgan fingerprint density at radius 2 is 1.69 bits per heavy atom. The van der Waals surface area contributed by atoms with E-state index in [2.05, 4.69) is 63.5 Å². The minimum Gasteiger partial charge on any atom is -0.309 e. The molecule has 0 spiro atoms. The minimum atomic E-state index is 0.387. The molecular weight excluding hydrogens is 436 g/mol. The monoisotopic (exact) mass is 476 g/mol. The lowest BCUT2D eigenvalue weighted by molar-refractivity contribution is 0.132. The van der Waals surface area contributed by atoms with Gasteiger partial charge in [-0.3, -0.25) is 9.58 Å². The number of hydrogen-bond donors (Lipinski definition) is 1. The Bertz CT molecular complexity index is 1110. The molecule has 1 fully saturated rings. The number of aryl methyl sites for hydroxylation is 1. The molecule has 35 heavy (non-hydrogen) atoms. The highest BCUT2D eigenvalue weighted by Crippen LogP contribution is 2.40. The molecule has 5 rings (SSSR count). The van der Waals surface area contributed by atoms with Crippen molar-refractivity contribution < 1.29 is 0 Å². The van der Waals surface area contributed by atoms with Crippen LogP contribution in [-0.2, 0) is 19.5 Å². The highest BCUT2D eigenvalue weighted by Gasteiger charge is 2.30. The maximum atomic E-state index is 4.88. The lowest BCUT2D eigenvalue weighted by Gasteiger charge is -2.33. The minimum absolute atomic E-state index is 0.387. The molecule has 0 radical (unpaired) electrons. The summed E-state index contributed by atoms with van der Waals surface area (Å²) >= 11 is 0. The van der Waals surface area contributed by atoms with Gasteiger partial charge in [-0.15, -0.1) is 0 Å². The van der Waals surface area contributed by atoms with Crippen molar-refractivity contribution in [2.24, 2.45) is 0 Å². The number of nitrogens with one attached hydrogen (secondary N) is 1. The third-order valence-electron chi connectivity index (χ3n) is 6.75. The second-order valence-electron chi connectivity index (χ2n) is 9.31. The van der Waals surface area contributed by atoms with Crippen LogP contribution in [0.5, 0.6) is 0 Å². The van der Waals surface area contributed by atoms with Crippen molar-refractivity contribution in [1.82, 2.24) is 34.5 Å². The fourth-order valence-electron chi connectivity index (χ4n) is 4.96. The van der Waals surface area contributed by atoms with Crippen LogP contribution in [0.25, 0.3) is 11.3 Å². The maximum Gasteiger partial charge on any atom is 0.228 e. The van der Waals surface area contributed by atoms with E-state index in [0.29, 0.717) is 11.9 Å². The van der Waals surface area contributed by atoms with Crippen molar-refractivity contribution >= 4 is 11.8 Å². The highest BCUT2D eigenvalue weighted by atomic mass is 15.3. The van der Waals surface area contributed by atoms with E-state index >= 15 is 0 Å². The van der Waals surface area contributed by atoms with E-state index in [1.807, 2.05) is 32.3 Å². The Hall–Kier alpha value is -2.84. The van der Waals surface area contributed by atoms with E-state index in [4.69, 9.17) is 10.1 Å². The summed E-state index contributed by atoms with van der Waals surface area (Å²) in [4.78, 5) is 19.1. The van der Waals surface area contributed by atoms with Gasteiger partial charge in [0.25, 0.3) is 0 Å². The summed E-state index contributed by atoms with van der Waals surface area (Å²) in [6.45, 7) is 20.3. The molecule has 1 saturated heterocycles. The van der Waals surface area contributed by atoms with Crippen LogP contribution in [0.4, 0.5) is 11.8 Å². The number of likely N-dealkylation sites (N-methyl/N-ethyl adjacent to an activating group) is 1. The molecule has 3 aromatic heterocycles. The van der Waals surface area contributed by atoms with Crippen molar-refractivity contribution in [3.05, 3.63) is 47.0 Å². The van der Waals surface area contributed by atoms with E-state index in [9.17, 15) is 0 Å². The Labute approximate surface area is 209 Å². The SMILES string of the molecule is CC.CCN1CCN(Cc2ccc(Nc3ncc4c(n3)-c3c(nn(CC)c3C(C)C)C4)nc2)CC1. The first-order valence-electron chi connectivity index (χ1n) is 13.2. The summed E-state index contributed by atoms with van der Waals surface area (Å²) in [5.41, 5.74) is 6.96. The molecule has 2 aliphatic rings. The van der Waals surface area contributed by atoms with E-state index in [1.165, 1.54) is 16.8 Å². The van der Waals surface area contributed by atoms with Gasteiger partial charge in [0, 0.05) is 69.2 Å². The number of rotatable bonds is 7. The predicted molar refractivity (Wildman–Crippen MR) is 142 cm³/mol. The standard InChI is InChI=1S/C25H34N8.C2H6/c1-5-31-9-11-32(12-10-31)16-18-7-8-21(26-14-18)28-25-27-15-19-13-20-22(23(19)29-25)24(17(3)4)33(6-2)30-20;1-2/h7-8,14-15,17H,5-6,9-13,16H2,1-4H3,(H,26,27,28,29);1-2H3. The first-order chi connectivity index (χ1) is 17.1. The molecule has 8 nitrogen and oxygen atoms in total. The molecule has 0 atom stereocenters. The summed E-state index contributed by atoms with van der Waals surface area (Å²) in [5.74, 6) is 1.73. The highest BCUT2D eigenvalue weighted by molar-refractivity contribution is 5.75. The summed E-state index contributed by atoms with van der Waals surface area (Å²) in [5, 5.41) is 8.13. The lowest BCUT2D eigenvalue weighted by atomic mass is 10.0. The van der Waals surface area contributed by atoms with Gasteiger partial charge in [0.2, 0.25) is 5.95 Å². The van der Waals surface area contributed by atoms with Crippen molar-refractivity contribution in [1.29, 1.82) is 0 Å². The van der Waals surface area contributed by atoms with Gasteiger partial charge >= 0.3 is 0 Å². The Balaban J connectivity index is 0.00000141. The van der Waals surface area contributed by atoms with Crippen molar-refractivity contribution in [2.45, 2.75) is 67.0 Å². The zero-order valence-electron chi connectivity index (χ0n) is 22.2. The first kappa shape index (κ1) is 25.3. The number of fused-ring (bicyclic) bond motifs is 3. The zero-order chi connectivity index (χ0) is 24.9. The number of aromatic nitrogens is 5. The number of hydrogen-bond acceptors (Lipinski definition) is 7. The summed E-state index contributed by atoms with van der Waals surface area (Å²) < 4.78 is 2.12. The quantitative estimate of drug-likeness (QED) is 0.415. The average molecular weight is 477 g/mol. The largest absolute Gasteiger partial charge is 0.309 e. The van der Waals surface area contributed by atoms with E-state index < -0.39 is 0 Å². The zero-order valence-corrected chi connectivity index (χ0v) is 22.2. The van der Waals surface area contributed by atoms with Crippen molar-refractivity contribution in [2.75, 3.05) is 38.0 Å². The summed E-state index contributed by atoms with van der Waals surface area (Å²) in [7, 11) is 0. The number of anilines is 2. The Morgan fingerprint density at radius 1 is 0.943 bits per heavy atom. The van der Waals surface area contributed by atoms with Crippen molar-refractivity contribution in [3.8, 4) is 11.3 Å². The number of nitrogens with zero attached hydrogens (tertiary/aromatic N) is 7. The molecule has 3 aromatic rings. The molecule has 4 heterocycles. The van der Waals surface area contributed by atoms with Crippen LogP contribution < -0.4 is 5.32 Å². The van der Waals surface area contributed by atoms with Gasteiger partial charge in [-0.25, -0.2) is 15.0 Å². The van der Waals surface area contributed by atoms with Gasteiger partial charge in [-0.1, -0.05) is 40.7 Å². The molecule has 0 saturated carbocycles. The van der Waals surface area contributed by atoms with Crippen LogP contribution in [0.1, 0.15) is 70.0 Å². The van der Waals surface area contributed by atoms with Gasteiger partial charge in [0.05, 0.1) is 17.1 Å². The summed E-state index contributed by atoms with van der Waals surface area (Å²) in [6.07, 6.45) is 4.69. The molecule has 188 valence electrons. The molecule has 0 bridgehead atoms. The molecular formula is C27H40N8. The predicted octanol–water partition coefficient (Wildman–Crippen LogP) is 4.69. The van der Waals surface area contributed by atoms with Gasteiger partial charge < -0.3 is 10.2 Å². The fourth-order valence-corrected chi connectivity index (χ4v) is 4.96. The van der Waals surface area contributed by atoms with Crippen LogP contribution in [0.2, 0.25) is 0 Å². The second-order valence-corrected chi connectivity index (χ2v) is 9.31. The normalized spacial score (nSPS) is 15.5. The van der Waals surface area contributed by atoms with E-state index in [-0.39, 0.29) is 0 Å².